The highest BCUT2D eigenvalue weighted by atomic mass is 32.2. The number of nitrogens with one attached hydrogen (secondary N) is 2. The normalized spacial score (nSPS) is 15.0. The minimum absolute atomic E-state index is 0.108. The lowest BCUT2D eigenvalue weighted by Crippen LogP contribution is -2.37. The van der Waals surface area contributed by atoms with Crippen molar-refractivity contribution in [3.05, 3.63) is 83.6 Å². The van der Waals surface area contributed by atoms with Crippen LogP contribution in [0.5, 0.6) is 0 Å². The van der Waals surface area contributed by atoms with Gasteiger partial charge in [0.2, 0.25) is 15.9 Å². The Morgan fingerprint density at radius 3 is 2.40 bits per heavy atom. The molecule has 0 spiro atoms. The van der Waals surface area contributed by atoms with Crippen LogP contribution in [0.3, 0.4) is 0 Å². The van der Waals surface area contributed by atoms with Gasteiger partial charge in [0.1, 0.15) is 5.82 Å². The highest BCUT2D eigenvalue weighted by molar-refractivity contribution is 7.88. The van der Waals surface area contributed by atoms with Crippen molar-refractivity contribution in [1.29, 1.82) is 0 Å². The topological polar surface area (TPSA) is 117 Å². The van der Waals surface area contributed by atoms with Gasteiger partial charge in [-0.15, -0.1) is 0 Å². The fraction of sp³-hybridized carbons (Fsp3) is 0.308. The Bertz CT molecular complexity index is 1260. The highest BCUT2D eigenvalue weighted by Gasteiger charge is 2.25. The molecule has 4 rings (SSSR count). The van der Waals surface area contributed by atoms with E-state index in [1.165, 1.54) is 11.8 Å². The molecule has 0 atom stereocenters. The first-order valence-electron chi connectivity index (χ1n) is 11.6. The predicted octanol–water partition coefficient (Wildman–Crippen LogP) is 3.60. The van der Waals surface area contributed by atoms with Crippen molar-refractivity contribution in [2.75, 3.05) is 30.0 Å². The van der Waals surface area contributed by atoms with E-state index >= 15 is 0 Å². The van der Waals surface area contributed by atoms with E-state index < -0.39 is 15.9 Å². The van der Waals surface area contributed by atoms with Crippen LogP contribution in [0.2, 0.25) is 0 Å². The Balaban J connectivity index is 1.43. The fourth-order valence-corrected chi connectivity index (χ4v) is 5.22. The van der Waals surface area contributed by atoms with Crippen LogP contribution in [0, 0.1) is 0 Å². The summed E-state index contributed by atoms with van der Waals surface area (Å²) in [5.74, 6) is 0.596. The molecule has 4 N–H and O–H groups in total. The molecule has 1 saturated heterocycles. The predicted molar refractivity (Wildman–Crippen MR) is 139 cm³/mol. The van der Waals surface area contributed by atoms with E-state index in [-0.39, 0.29) is 6.42 Å². The molecule has 0 unspecified atom stereocenters. The number of sulfonamides is 1. The van der Waals surface area contributed by atoms with Crippen molar-refractivity contribution in [3.63, 3.8) is 0 Å². The Labute approximate surface area is 206 Å². The maximum atomic E-state index is 11.7. The Hall–Kier alpha value is -3.43. The summed E-state index contributed by atoms with van der Waals surface area (Å²) in [5, 5.41) is 6.72. The molecule has 0 bridgehead atoms. The monoisotopic (exact) mass is 493 g/mol. The lowest BCUT2D eigenvalue weighted by Gasteiger charge is -2.30. The first-order chi connectivity index (χ1) is 16.8. The van der Waals surface area contributed by atoms with Crippen LogP contribution in [0.15, 0.2) is 66.9 Å². The summed E-state index contributed by atoms with van der Waals surface area (Å²) in [7, 11) is -3.12. The summed E-state index contributed by atoms with van der Waals surface area (Å²) in [6, 6.07) is 20.1. The number of hydrogen-bond acceptors (Lipinski definition) is 6. The van der Waals surface area contributed by atoms with Crippen LogP contribution in [-0.4, -0.2) is 43.0 Å². The second-order valence-corrected chi connectivity index (χ2v) is 10.9. The van der Waals surface area contributed by atoms with Gasteiger partial charge in [-0.2, -0.15) is 0 Å². The minimum Gasteiger partial charge on any atom is -0.381 e. The highest BCUT2D eigenvalue weighted by Crippen LogP contribution is 2.30. The fourth-order valence-electron chi connectivity index (χ4n) is 4.35. The third-order valence-corrected chi connectivity index (χ3v) is 7.56. The number of carbonyl (C=O) groups excluding carboxylic acids is 1. The van der Waals surface area contributed by atoms with Crippen molar-refractivity contribution in [3.8, 4) is 0 Å². The quantitative estimate of drug-likeness (QED) is 0.419. The zero-order valence-corrected chi connectivity index (χ0v) is 20.6. The zero-order chi connectivity index (χ0) is 24.8. The van der Waals surface area contributed by atoms with Gasteiger partial charge in [0.05, 0.1) is 12.7 Å². The molecule has 0 radical (unpaired) electrons. The molecule has 35 heavy (non-hydrogen) atoms. The molecule has 2 aromatic carbocycles. The van der Waals surface area contributed by atoms with Gasteiger partial charge in [-0.1, -0.05) is 42.5 Å². The maximum absolute atomic E-state index is 11.7. The number of piperidine rings is 1. The minimum atomic E-state index is -3.12. The Morgan fingerprint density at radius 1 is 1.09 bits per heavy atom. The summed E-state index contributed by atoms with van der Waals surface area (Å²) in [6.45, 7) is 1.73. The second-order valence-electron chi connectivity index (χ2n) is 8.89. The molecule has 8 nitrogen and oxygen atoms in total. The van der Waals surface area contributed by atoms with Crippen LogP contribution in [-0.2, 0) is 27.8 Å². The van der Waals surface area contributed by atoms with Crippen LogP contribution < -0.4 is 16.4 Å². The molecule has 1 fully saturated rings. The molecule has 3 aromatic rings. The number of rotatable bonds is 9. The number of amides is 1. The summed E-state index contributed by atoms with van der Waals surface area (Å²) < 4.78 is 25.0. The van der Waals surface area contributed by atoms with E-state index in [1.54, 1.807) is 10.5 Å². The zero-order valence-electron chi connectivity index (χ0n) is 19.8. The molecule has 1 aliphatic rings. The van der Waals surface area contributed by atoms with Crippen molar-refractivity contribution >= 4 is 33.1 Å². The van der Waals surface area contributed by atoms with Crippen LogP contribution >= 0.6 is 0 Å². The van der Waals surface area contributed by atoms with Crippen molar-refractivity contribution in [1.82, 2.24) is 9.29 Å². The van der Waals surface area contributed by atoms with Crippen molar-refractivity contribution < 1.29 is 13.2 Å². The maximum Gasteiger partial charge on any atom is 0.221 e. The van der Waals surface area contributed by atoms with E-state index in [0.717, 1.165) is 35.3 Å². The van der Waals surface area contributed by atoms with Gasteiger partial charge < -0.3 is 16.4 Å². The van der Waals surface area contributed by atoms with Crippen LogP contribution in [0.4, 0.5) is 17.2 Å². The number of carbonyl (C=O) groups is 1. The molecule has 9 heteroatoms. The number of anilines is 3. The number of primary amides is 1. The molecule has 1 aromatic heterocycles. The number of benzene rings is 2. The van der Waals surface area contributed by atoms with Gasteiger partial charge in [0, 0.05) is 48.8 Å². The largest absolute Gasteiger partial charge is 0.381 e. The third-order valence-electron chi connectivity index (χ3n) is 6.25. The average Bonchev–Trinajstić information content (AvgIpc) is 2.84. The number of nitrogens with two attached hydrogens (primary N) is 1. The van der Waals surface area contributed by atoms with Gasteiger partial charge in [0.25, 0.3) is 0 Å². The summed E-state index contributed by atoms with van der Waals surface area (Å²) >= 11 is 0. The first kappa shape index (κ1) is 24.7. The number of aromatic nitrogens is 1. The lowest BCUT2D eigenvalue weighted by molar-refractivity contribution is -0.117. The number of hydrogen-bond donors (Lipinski definition) is 3. The molecule has 1 aliphatic heterocycles. The van der Waals surface area contributed by atoms with E-state index in [4.69, 9.17) is 5.73 Å². The Morgan fingerprint density at radius 2 is 1.77 bits per heavy atom. The first-order valence-corrected chi connectivity index (χ1v) is 13.5. The summed E-state index contributed by atoms with van der Waals surface area (Å²) in [4.78, 5) is 16.0. The van der Waals surface area contributed by atoms with E-state index in [9.17, 15) is 13.2 Å². The van der Waals surface area contributed by atoms with Crippen LogP contribution in [0.25, 0.3) is 0 Å². The molecule has 0 aliphatic carbocycles. The molecule has 1 amide bonds. The second kappa shape index (κ2) is 10.9. The molecule has 2 heterocycles. The standard InChI is InChI=1S/C26H31N5O3S/c1-35(33,34)31-13-11-21(12-14-31)20-7-9-23(10-8-20)30-26-16-24(22(18-29-26)15-25(27)32)28-17-19-5-3-2-4-6-19/h2-10,16,18,21H,11-15,17H2,1H3,(H2,27,32)(H2,28,29,30). The average molecular weight is 494 g/mol. The summed E-state index contributed by atoms with van der Waals surface area (Å²) in [6.07, 6.45) is 4.69. The van der Waals surface area contributed by atoms with E-state index in [2.05, 4.69) is 27.8 Å². The van der Waals surface area contributed by atoms with Gasteiger partial charge in [-0.05, 0) is 42.0 Å². The number of pyridine rings is 1. The lowest BCUT2D eigenvalue weighted by atomic mass is 9.90. The smallest absolute Gasteiger partial charge is 0.221 e. The molecule has 0 saturated carbocycles. The van der Waals surface area contributed by atoms with E-state index in [1.807, 2.05) is 48.5 Å². The molecular formula is C26H31N5O3S. The Kier molecular flexibility index (Phi) is 7.67. The van der Waals surface area contributed by atoms with Gasteiger partial charge in [-0.25, -0.2) is 17.7 Å². The van der Waals surface area contributed by atoms with Crippen molar-refractivity contribution in [2.24, 2.45) is 5.73 Å². The van der Waals surface area contributed by atoms with Gasteiger partial charge in [0.15, 0.2) is 0 Å². The van der Waals surface area contributed by atoms with Gasteiger partial charge in [-0.3, -0.25) is 4.79 Å². The van der Waals surface area contributed by atoms with Crippen LogP contribution in [0.1, 0.15) is 35.4 Å². The van der Waals surface area contributed by atoms with E-state index in [0.29, 0.717) is 31.4 Å². The molecule has 184 valence electrons. The SMILES string of the molecule is CS(=O)(=O)N1CCC(c2ccc(Nc3cc(NCc4ccccc4)c(CC(N)=O)cn3)cc2)CC1. The summed E-state index contributed by atoms with van der Waals surface area (Å²) in [5.41, 5.74) is 10.2. The number of nitrogens with zero attached hydrogens (tertiary/aromatic N) is 2. The van der Waals surface area contributed by atoms with Gasteiger partial charge >= 0.3 is 0 Å². The third kappa shape index (κ3) is 6.80. The van der Waals surface area contributed by atoms with Crippen molar-refractivity contribution in [2.45, 2.75) is 31.7 Å². The molecular weight excluding hydrogens is 462 g/mol.